The molecule has 0 aliphatic rings. The Hall–Kier alpha value is -1.58. The zero-order valence-electron chi connectivity index (χ0n) is 7.49. The van der Waals surface area contributed by atoms with Crippen LogP contribution in [-0.4, -0.2) is 12.6 Å². The van der Waals surface area contributed by atoms with Crippen LogP contribution in [0.3, 0.4) is 0 Å². The molecule has 0 saturated carbocycles. The van der Waals surface area contributed by atoms with E-state index in [9.17, 15) is 9.59 Å². The standard InChI is InChI=1S/C9H10O4/c1-3-12-9(11)8-5-7(10)4-6(2)13-8/h4-5H,3H2,1-2H3. The lowest BCUT2D eigenvalue weighted by Crippen LogP contribution is -2.09. The van der Waals surface area contributed by atoms with E-state index in [1.807, 2.05) is 0 Å². The van der Waals surface area contributed by atoms with Gasteiger partial charge < -0.3 is 9.15 Å². The monoisotopic (exact) mass is 182 g/mol. The summed E-state index contributed by atoms with van der Waals surface area (Å²) in [5.74, 6) is -0.259. The molecular formula is C9H10O4. The summed E-state index contributed by atoms with van der Waals surface area (Å²) in [6.07, 6.45) is 0. The second kappa shape index (κ2) is 3.89. The molecule has 1 rings (SSSR count). The van der Waals surface area contributed by atoms with Crippen LogP contribution in [0, 0.1) is 6.92 Å². The number of carbonyl (C=O) groups is 1. The molecular weight excluding hydrogens is 172 g/mol. The van der Waals surface area contributed by atoms with Crippen molar-refractivity contribution in [3.8, 4) is 0 Å². The van der Waals surface area contributed by atoms with E-state index in [2.05, 4.69) is 4.74 Å². The molecule has 0 aromatic carbocycles. The van der Waals surface area contributed by atoms with Crippen LogP contribution in [-0.2, 0) is 4.74 Å². The summed E-state index contributed by atoms with van der Waals surface area (Å²) in [5, 5.41) is 0. The fraction of sp³-hybridized carbons (Fsp3) is 0.333. The van der Waals surface area contributed by atoms with Crippen molar-refractivity contribution in [3.05, 3.63) is 33.9 Å². The van der Waals surface area contributed by atoms with Crippen molar-refractivity contribution in [1.29, 1.82) is 0 Å². The normalized spacial score (nSPS) is 9.69. The minimum Gasteiger partial charge on any atom is -0.460 e. The van der Waals surface area contributed by atoms with Crippen molar-refractivity contribution in [1.82, 2.24) is 0 Å². The zero-order valence-corrected chi connectivity index (χ0v) is 7.49. The zero-order chi connectivity index (χ0) is 9.84. The van der Waals surface area contributed by atoms with Crippen molar-refractivity contribution in [2.45, 2.75) is 13.8 Å². The lowest BCUT2D eigenvalue weighted by atomic mass is 10.3. The molecule has 0 unspecified atom stereocenters. The van der Waals surface area contributed by atoms with Crippen LogP contribution in [0.1, 0.15) is 23.2 Å². The third kappa shape index (κ3) is 2.43. The Labute approximate surface area is 75.1 Å². The van der Waals surface area contributed by atoms with Crippen LogP contribution in [0.2, 0.25) is 0 Å². The quantitative estimate of drug-likeness (QED) is 0.643. The minimum atomic E-state index is -0.608. The molecule has 1 heterocycles. The van der Waals surface area contributed by atoms with Crippen molar-refractivity contribution < 1.29 is 13.9 Å². The van der Waals surface area contributed by atoms with Crippen LogP contribution in [0.4, 0.5) is 0 Å². The lowest BCUT2D eigenvalue weighted by molar-refractivity contribution is 0.0485. The Bertz CT molecular complexity index is 364. The molecule has 0 bridgehead atoms. The smallest absolute Gasteiger partial charge is 0.374 e. The first-order chi connectivity index (χ1) is 6.13. The summed E-state index contributed by atoms with van der Waals surface area (Å²) in [4.78, 5) is 22.0. The highest BCUT2D eigenvalue weighted by molar-refractivity contribution is 5.86. The summed E-state index contributed by atoms with van der Waals surface area (Å²) in [5.41, 5.74) is -0.258. The van der Waals surface area contributed by atoms with Gasteiger partial charge in [0, 0.05) is 12.1 Å². The number of esters is 1. The average Bonchev–Trinajstić information content (AvgIpc) is 2.03. The molecule has 13 heavy (non-hydrogen) atoms. The molecule has 0 aliphatic heterocycles. The highest BCUT2D eigenvalue weighted by Gasteiger charge is 2.10. The lowest BCUT2D eigenvalue weighted by Gasteiger charge is -2.00. The molecule has 0 saturated heterocycles. The molecule has 0 spiro atoms. The van der Waals surface area contributed by atoms with Gasteiger partial charge in [-0.25, -0.2) is 4.79 Å². The van der Waals surface area contributed by atoms with Gasteiger partial charge in [0.05, 0.1) is 6.61 Å². The topological polar surface area (TPSA) is 56.5 Å². The maximum atomic E-state index is 11.1. The molecule has 0 fully saturated rings. The van der Waals surface area contributed by atoms with Crippen molar-refractivity contribution in [2.24, 2.45) is 0 Å². The van der Waals surface area contributed by atoms with Gasteiger partial charge in [0.25, 0.3) is 0 Å². The molecule has 1 aromatic heterocycles. The van der Waals surface area contributed by atoms with E-state index in [1.54, 1.807) is 13.8 Å². The van der Waals surface area contributed by atoms with E-state index in [4.69, 9.17) is 4.42 Å². The van der Waals surface area contributed by atoms with Crippen LogP contribution in [0.5, 0.6) is 0 Å². The van der Waals surface area contributed by atoms with Gasteiger partial charge in [0.2, 0.25) is 5.76 Å². The number of carbonyl (C=O) groups excluding carboxylic acids is 1. The van der Waals surface area contributed by atoms with E-state index in [-0.39, 0.29) is 17.8 Å². The SMILES string of the molecule is CCOC(=O)c1cc(=O)cc(C)o1. The molecule has 0 amide bonds. The Morgan fingerprint density at radius 1 is 1.54 bits per heavy atom. The van der Waals surface area contributed by atoms with Crippen molar-refractivity contribution in [2.75, 3.05) is 6.61 Å². The molecule has 0 N–H and O–H groups in total. The Kier molecular flexibility index (Phi) is 2.84. The summed E-state index contributed by atoms with van der Waals surface area (Å²) in [7, 11) is 0. The summed E-state index contributed by atoms with van der Waals surface area (Å²) < 4.78 is 9.66. The average molecular weight is 182 g/mol. The van der Waals surface area contributed by atoms with Gasteiger partial charge in [-0.05, 0) is 13.8 Å². The molecule has 4 nitrogen and oxygen atoms in total. The Morgan fingerprint density at radius 3 is 2.77 bits per heavy atom. The van der Waals surface area contributed by atoms with E-state index >= 15 is 0 Å². The number of hydrogen-bond donors (Lipinski definition) is 0. The van der Waals surface area contributed by atoms with Gasteiger partial charge in [-0.1, -0.05) is 0 Å². The van der Waals surface area contributed by atoms with Gasteiger partial charge in [0.1, 0.15) is 5.76 Å². The Morgan fingerprint density at radius 2 is 2.23 bits per heavy atom. The number of ether oxygens (including phenoxy) is 1. The first-order valence-corrected chi connectivity index (χ1v) is 3.92. The summed E-state index contributed by atoms with van der Waals surface area (Å²) >= 11 is 0. The fourth-order valence-electron chi connectivity index (χ4n) is 0.906. The predicted molar refractivity (Wildman–Crippen MR) is 45.7 cm³/mol. The fourth-order valence-corrected chi connectivity index (χ4v) is 0.906. The van der Waals surface area contributed by atoms with Crippen molar-refractivity contribution >= 4 is 5.97 Å². The van der Waals surface area contributed by atoms with E-state index in [0.29, 0.717) is 5.76 Å². The van der Waals surface area contributed by atoms with Gasteiger partial charge >= 0.3 is 5.97 Å². The van der Waals surface area contributed by atoms with E-state index in [0.717, 1.165) is 6.07 Å². The van der Waals surface area contributed by atoms with Crippen molar-refractivity contribution in [3.63, 3.8) is 0 Å². The van der Waals surface area contributed by atoms with E-state index < -0.39 is 5.97 Å². The van der Waals surface area contributed by atoms with Crippen LogP contribution in [0.15, 0.2) is 21.3 Å². The summed E-state index contributed by atoms with van der Waals surface area (Å²) in [6, 6.07) is 2.42. The van der Waals surface area contributed by atoms with E-state index in [1.165, 1.54) is 6.07 Å². The van der Waals surface area contributed by atoms with Gasteiger partial charge in [0.15, 0.2) is 5.43 Å². The second-order valence-corrected chi connectivity index (χ2v) is 2.49. The van der Waals surface area contributed by atoms with Crippen LogP contribution < -0.4 is 5.43 Å². The number of aryl methyl sites for hydroxylation is 1. The van der Waals surface area contributed by atoms with Gasteiger partial charge in [-0.3, -0.25) is 4.79 Å². The first kappa shape index (κ1) is 9.51. The first-order valence-electron chi connectivity index (χ1n) is 3.92. The second-order valence-electron chi connectivity index (χ2n) is 2.49. The highest BCUT2D eigenvalue weighted by Crippen LogP contribution is 2.01. The molecule has 70 valence electrons. The maximum absolute atomic E-state index is 11.1. The number of rotatable bonds is 2. The number of hydrogen-bond acceptors (Lipinski definition) is 4. The molecule has 0 aliphatic carbocycles. The minimum absolute atomic E-state index is 0.0492. The summed E-state index contributed by atoms with van der Waals surface area (Å²) in [6.45, 7) is 3.55. The molecule has 0 radical (unpaired) electrons. The van der Waals surface area contributed by atoms with Gasteiger partial charge in [-0.15, -0.1) is 0 Å². The third-order valence-corrected chi connectivity index (χ3v) is 1.37. The molecule has 4 heteroatoms. The molecule has 0 atom stereocenters. The van der Waals surface area contributed by atoms with Crippen LogP contribution >= 0.6 is 0 Å². The van der Waals surface area contributed by atoms with Crippen LogP contribution in [0.25, 0.3) is 0 Å². The predicted octanol–water partition coefficient (Wildman–Crippen LogP) is 1.12. The third-order valence-electron chi connectivity index (χ3n) is 1.37. The Balaban J connectivity index is 3.01. The van der Waals surface area contributed by atoms with Gasteiger partial charge in [-0.2, -0.15) is 0 Å². The molecule has 1 aromatic rings. The highest BCUT2D eigenvalue weighted by atomic mass is 16.5. The largest absolute Gasteiger partial charge is 0.460 e. The maximum Gasteiger partial charge on any atom is 0.374 e.